The molecule has 5 nitrogen and oxygen atoms in total. The van der Waals surface area contributed by atoms with Crippen LogP contribution in [0.25, 0.3) is 0 Å². The molecule has 1 rings (SSSR count). The molecule has 0 aliphatic rings. The third-order valence-corrected chi connectivity index (χ3v) is 3.88. The first-order valence-corrected chi connectivity index (χ1v) is 7.77. The molecule has 0 aliphatic carbocycles. The summed E-state index contributed by atoms with van der Waals surface area (Å²) in [6.07, 6.45) is 0.551. The lowest BCUT2D eigenvalue weighted by atomic mass is 10.1. The first-order valence-electron chi connectivity index (χ1n) is 6.29. The Morgan fingerprint density at radius 2 is 1.79 bits per heavy atom. The third-order valence-electron chi connectivity index (χ3n) is 2.42. The summed E-state index contributed by atoms with van der Waals surface area (Å²) < 4.78 is 28.4. The molecule has 1 aromatic carbocycles. The highest BCUT2D eigenvalue weighted by molar-refractivity contribution is 7.87. The molecule has 0 spiro atoms. The van der Waals surface area contributed by atoms with Gasteiger partial charge in [0.2, 0.25) is 0 Å². The second-order valence-corrected chi connectivity index (χ2v) is 7.06. The zero-order valence-electron chi connectivity index (χ0n) is 11.7. The zero-order valence-corrected chi connectivity index (χ0v) is 12.5. The molecule has 1 unspecified atom stereocenters. The average molecular weight is 285 g/mol. The van der Waals surface area contributed by atoms with Gasteiger partial charge in [-0.15, -0.1) is 0 Å². The van der Waals surface area contributed by atoms with Crippen molar-refractivity contribution < 1.29 is 8.42 Å². The summed E-state index contributed by atoms with van der Waals surface area (Å²) in [4.78, 5) is 0. The maximum absolute atomic E-state index is 11.7. The Morgan fingerprint density at radius 3 is 2.32 bits per heavy atom. The summed E-state index contributed by atoms with van der Waals surface area (Å²) in [6, 6.07) is 9.46. The maximum Gasteiger partial charge on any atom is 0.277 e. The molecule has 0 heterocycles. The largest absolute Gasteiger partial charge is 0.324 e. The highest BCUT2D eigenvalue weighted by Gasteiger charge is 2.19. The molecule has 0 radical (unpaired) electrons. The molecule has 4 N–H and O–H groups in total. The molecule has 0 aromatic heterocycles. The van der Waals surface area contributed by atoms with Gasteiger partial charge in [0.1, 0.15) is 0 Å². The fraction of sp³-hybridized carbons (Fsp3) is 0.538. The molecule has 0 bridgehead atoms. The van der Waals surface area contributed by atoms with Crippen molar-refractivity contribution in [3.05, 3.63) is 35.9 Å². The first kappa shape index (κ1) is 16.1. The predicted octanol–water partition coefficient (Wildman–Crippen LogP) is 1.30. The van der Waals surface area contributed by atoms with Gasteiger partial charge in [-0.25, -0.2) is 4.72 Å². The van der Waals surface area contributed by atoms with E-state index in [9.17, 15) is 8.42 Å². The van der Waals surface area contributed by atoms with Crippen LogP contribution in [0.5, 0.6) is 0 Å². The minimum atomic E-state index is -3.47. The van der Waals surface area contributed by atoms with Gasteiger partial charge < -0.3 is 5.73 Å². The molecule has 0 aliphatic heterocycles. The smallest absolute Gasteiger partial charge is 0.277 e. The first-order chi connectivity index (χ1) is 8.70. The fourth-order valence-corrected chi connectivity index (χ4v) is 2.92. The van der Waals surface area contributed by atoms with Crippen molar-refractivity contribution in [2.45, 2.75) is 38.8 Å². The van der Waals surface area contributed by atoms with Gasteiger partial charge in [-0.05, 0) is 32.8 Å². The summed E-state index contributed by atoms with van der Waals surface area (Å²) >= 11 is 0. The Morgan fingerprint density at radius 1 is 1.21 bits per heavy atom. The molecule has 1 atom stereocenters. The van der Waals surface area contributed by atoms with Crippen LogP contribution in [0.4, 0.5) is 0 Å². The Balaban J connectivity index is 2.42. The van der Waals surface area contributed by atoms with Gasteiger partial charge in [0.25, 0.3) is 10.2 Å². The van der Waals surface area contributed by atoms with Crippen LogP contribution in [0.15, 0.2) is 30.3 Å². The van der Waals surface area contributed by atoms with Crippen LogP contribution in [0, 0.1) is 0 Å². The van der Waals surface area contributed by atoms with Gasteiger partial charge in [-0.2, -0.15) is 13.1 Å². The van der Waals surface area contributed by atoms with Gasteiger partial charge in [0, 0.05) is 18.1 Å². The van der Waals surface area contributed by atoms with Crippen molar-refractivity contribution in [3.8, 4) is 0 Å². The van der Waals surface area contributed by atoms with E-state index in [0.29, 0.717) is 13.0 Å². The van der Waals surface area contributed by atoms with Gasteiger partial charge in [-0.1, -0.05) is 30.3 Å². The SMILES string of the molecule is CC(C)(C)NS(=O)(=O)NCCC(N)c1ccccc1. The van der Waals surface area contributed by atoms with E-state index in [2.05, 4.69) is 9.44 Å². The molecule has 108 valence electrons. The van der Waals surface area contributed by atoms with E-state index in [1.165, 1.54) is 0 Å². The Hall–Kier alpha value is -0.950. The summed E-state index contributed by atoms with van der Waals surface area (Å²) in [6.45, 7) is 5.69. The Bertz CT molecular complexity index is 480. The van der Waals surface area contributed by atoms with E-state index in [-0.39, 0.29) is 6.04 Å². The molecule has 0 fully saturated rings. The Labute approximate surface area is 115 Å². The van der Waals surface area contributed by atoms with Crippen LogP contribution in [-0.4, -0.2) is 20.5 Å². The molecule has 6 heteroatoms. The molecular weight excluding hydrogens is 262 g/mol. The van der Waals surface area contributed by atoms with E-state index in [4.69, 9.17) is 5.73 Å². The lowest BCUT2D eigenvalue weighted by Crippen LogP contribution is -2.47. The molecule has 1 aromatic rings. The number of hydrogen-bond acceptors (Lipinski definition) is 3. The zero-order chi connectivity index (χ0) is 14.5. The average Bonchev–Trinajstić information content (AvgIpc) is 2.26. The van der Waals surface area contributed by atoms with Crippen molar-refractivity contribution in [2.75, 3.05) is 6.54 Å². The van der Waals surface area contributed by atoms with E-state index in [0.717, 1.165) is 5.56 Å². The van der Waals surface area contributed by atoms with Crippen LogP contribution >= 0.6 is 0 Å². The van der Waals surface area contributed by atoms with Crippen molar-refractivity contribution in [1.29, 1.82) is 0 Å². The highest BCUT2D eigenvalue weighted by Crippen LogP contribution is 2.12. The van der Waals surface area contributed by atoms with Gasteiger partial charge in [0.15, 0.2) is 0 Å². The van der Waals surface area contributed by atoms with Crippen molar-refractivity contribution in [2.24, 2.45) is 5.73 Å². The minimum Gasteiger partial charge on any atom is -0.324 e. The monoisotopic (exact) mass is 285 g/mol. The molecule has 0 saturated heterocycles. The van der Waals surface area contributed by atoms with Crippen molar-refractivity contribution in [3.63, 3.8) is 0 Å². The summed E-state index contributed by atoms with van der Waals surface area (Å²) in [5.74, 6) is 0. The van der Waals surface area contributed by atoms with Crippen LogP contribution in [0.2, 0.25) is 0 Å². The summed E-state index contributed by atoms with van der Waals surface area (Å²) in [5, 5.41) is 0. The van der Waals surface area contributed by atoms with Crippen LogP contribution in [0.1, 0.15) is 38.8 Å². The maximum atomic E-state index is 11.7. The Kier molecular flexibility index (Phi) is 5.49. The number of nitrogens with two attached hydrogens (primary N) is 1. The van der Waals surface area contributed by atoms with E-state index in [1.807, 2.05) is 30.3 Å². The number of hydrogen-bond donors (Lipinski definition) is 3. The summed E-state index contributed by atoms with van der Waals surface area (Å²) in [7, 11) is -3.47. The van der Waals surface area contributed by atoms with Crippen LogP contribution in [0.3, 0.4) is 0 Å². The van der Waals surface area contributed by atoms with Gasteiger partial charge in [0.05, 0.1) is 0 Å². The topological polar surface area (TPSA) is 84.2 Å². The predicted molar refractivity (Wildman–Crippen MR) is 77.8 cm³/mol. The van der Waals surface area contributed by atoms with Gasteiger partial charge >= 0.3 is 0 Å². The molecule has 19 heavy (non-hydrogen) atoms. The lowest BCUT2D eigenvalue weighted by molar-refractivity contribution is 0.481. The van der Waals surface area contributed by atoms with Crippen LogP contribution < -0.4 is 15.2 Å². The number of rotatable bonds is 6. The summed E-state index contributed by atoms with van der Waals surface area (Å²) in [5.41, 5.74) is 6.51. The number of benzene rings is 1. The van der Waals surface area contributed by atoms with E-state index >= 15 is 0 Å². The molecular formula is C13H23N3O2S. The standard InChI is InChI=1S/C13H23N3O2S/c1-13(2,3)16-19(17,18)15-10-9-12(14)11-7-5-4-6-8-11/h4-8,12,15-16H,9-10,14H2,1-3H3. The van der Waals surface area contributed by atoms with Gasteiger partial charge in [-0.3, -0.25) is 0 Å². The van der Waals surface area contributed by atoms with Crippen molar-refractivity contribution in [1.82, 2.24) is 9.44 Å². The number of nitrogens with one attached hydrogen (secondary N) is 2. The second kappa shape index (κ2) is 6.47. The third kappa shape index (κ3) is 6.68. The molecule has 0 amide bonds. The van der Waals surface area contributed by atoms with E-state index < -0.39 is 15.7 Å². The highest BCUT2D eigenvalue weighted by atomic mass is 32.2. The van der Waals surface area contributed by atoms with Crippen molar-refractivity contribution >= 4 is 10.2 Å². The van der Waals surface area contributed by atoms with E-state index in [1.54, 1.807) is 20.8 Å². The minimum absolute atomic E-state index is 0.168. The normalized spacial score (nSPS) is 14.3. The fourth-order valence-electron chi connectivity index (χ4n) is 1.65. The molecule has 0 saturated carbocycles. The van der Waals surface area contributed by atoms with Crippen LogP contribution in [-0.2, 0) is 10.2 Å². The quantitative estimate of drug-likeness (QED) is 0.736. The second-order valence-electron chi connectivity index (χ2n) is 5.56. The lowest BCUT2D eigenvalue weighted by Gasteiger charge is -2.21.